The van der Waals surface area contributed by atoms with Gasteiger partial charge in [-0.3, -0.25) is 4.79 Å². The van der Waals surface area contributed by atoms with Crippen LogP contribution in [0, 0.1) is 12.8 Å². The Labute approximate surface area is 176 Å². The van der Waals surface area contributed by atoms with E-state index >= 15 is 0 Å². The predicted octanol–water partition coefficient (Wildman–Crippen LogP) is 4.09. The maximum absolute atomic E-state index is 13.1. The Hall–Kier alpha value is -2.64. The summed E-state index contributed by atoms with van der Waals surface area (Å²) in [6.45, 7) is 5.33. The van der Waals surface area contributed by atoms with E-state index in [-0.39, 0.29) is 16.6 Å². The van der Waals surface area contributed by atoms with E-state index in [9.17, 15) is 13.2 Å². The van der Waals surface area contributed by atoms with Crippen LogP contribution in [-0.4, -0.2) is 31.7 Å². The molecule has 1 fully saturated rings. The number of sulfonamides is 1. The van der Waals surface area contributed by atoms with Gasteiger partial charge in [-0.25, -0.2) is 8.42 Å². The first-order valence-corrected chi connectivity index (χ1v) is 11.7. The first kappa shape index (κ1) is 20.6. The number of aryl methyl sites for hydroxylation is 1. The van der Waals surface area contributed by atoms with Crippen molar-refractivity contribution in [1.82, 2.24) is 9.62 Å². The van der Waals surface area contributed by atoms with E-state index in [1.165, 1.54) is 0 Å². The van der Waals surface area contributed by atoms with Crippen LogP contribution in [0.1, 0.15) is 41.4 Å². The van der Waals surface area contributed by atoms with Crippen LogP contribution in [0.4, 0.5) is 0 Å². The molecular weight excluding hydrogens is 400 g/mol. The number of nitrogens with one attached hydrogen (secondary N) is 1. The van der Waals surface area contributed by atoms with E-state index in [0.717, 1.165) is 18.4 Å². The quantitative estimate of drug-likeness (QED) is 0.666. The summed E-state index contributed by atoms with van der Waals surface area (Å²) in [5.74, 6) is 0.247. The van der Waals surface area contributed by atoms with Gasteiger partial charge < -0.3 is 9.73 Å². The Kier molecular flexibility index (Phi) is 5.66. The average molecular weight is 427 g/mol. The molecule has 6 nitrogen and oxygen atoms in total. The number of rotatable bonds is 5. The van der Waals surface area contributed by atoms with Gasteiger partial charge in [0.2, 0.25) is 10.0 Å². The topological polar surface area (TPSA) is 79.6 Å². The van der Waals surface area contributed by atoms with Gasteiger partial charge in [-0.15, -0.1) is 0 Å². The fourth-order valence-electron chi connectivity index (χ4n) is 3.95. The highest BCUT2D eigenvalue weighted by Gasteiger charge is 2.29. The minimum atomic E-state index is -3.57. The van der Waals surface area contributed by atoms with Crippen molar-refractivity contribution in [2.45, 2.75) is 38.1 Å². The Morgan fingerprint density at radius 3 is 2.70 bits per heavy atom. The molecule has 0 unspecified atom stereocenters. The minimum absolute atomic E-state index is 0.210. The lowest BCUT2D eigenvalue weighted by atomic mass is 10.0. The number of carbonyl (C=O) groups excluding carboxylic acids is 1. The number of fused-ring (bicyclic) bond motifs is 1. The normalized spacial score (nSPS) is 17.9. The third-order valence-corrected chi connectivity index (χ3v) is 7.53. The molecule has 2 aromatic carbocycles. The van der Waals surface area contributed by atoms with Gasteiger partial charge in [-0.2, -0.15) is 4.31 Å². The molecule has 4 rings (SSSR count). The van der Waals surface area contributed by atoms with Crippen LogP contribution < -0.4 is 5.32 Å². The van der Waals surface area contributed by atoms with Gasteiger partial charge in [0.1, 0.15) is 5.58 Å². The van der Waals surface area contributed by atoms with Crippen molar-refractivity contribution in [2.75, 3.05) is 13.1 Å². The Morgan fingerprint density at radius 2 is 1.97 bits per heavy atom. The summed E-state index contributed by atoms with van der Waals surface area (Å²) in [6.07, 6.45) is 1.92. The molecule has 30 heavy (non-hydrogen) atoms. The van der Waals surface area contributed by atoms with Crippen molar-refractivity contribution in [3.05, 3.63) is 65.4 Å². The molecule has 0 bridgehead atoms. The van der Waals surface area contributed by atoms with E-state index in [2.05, 4.69) is 12.2 Å². The number of benzene rings is 2. The molecule has 2 heterocycles. The molecule has 0 radical (unpaired) electrons. The highest BCUT2D eigenvalue weighted by Crippen LogP contribution is 2.30. The second-order valence-corrected chi connectivity index (χ2v) is 9.93. The fourth-order valence-corrected chi connectivity index (χ4v) is 5.57. The van der Waals surface area contributed by atoms with Crippen LogP contribution in [0.5, 0.6) is 0 Å². The number of hydrogen-bond acceptors (Lipinski definition) is 4. The molecule has 3 aromatic rings. The van der Waals surface area contributed by atoms with E-state index < -0.39 is 10.0 Å². The van der Waals surface area contributed by atoms with E-state index in [0.29, 0.717) is 42.1 Å². The zero-order valence-corrected chi connectivity index (χ0v) is 18.0. The van der Waals surface area contributed by atoms with Gasteiger partial charge >= 0.3 is 0 Å². The van der Waals surface area contributed by atoms with E-state index in [1.807, 2.05) is 30.3 Å². The van der Waals surface area contributed by atoms with Gasteiger partial charge in [-0.1, -0.05) is 37.3 Å². The highest BCUT2D eigenvalue weighted by atomic mass is 32.2. The van der Waals surface area contributed by atoms with Crippen LogP contribution in [0.25, 0.3) is 11.0 Å². The van der Waals surface area contributed by atoms with Crippen LogP contribution >= 0.6 is 0 Å². The van der Waals surface area contributed by atoms with Crippen LogP contribution in [0.2, 0.25) is 0 Å². The maximum atomic E-state index is 13.1. The van der Waals surface area contributed by atoms with Crippen LogP contribution in [0.3, 0.4) is 0 Å². The van der Waals surface area contributed by atoms with Crippen molar-refractivity contribution in [3.63, 3.8) is 0 Å². The van der Waals surface area contributed by atoms with Gasteiger partial charge in [0.25, 0.3) is 5.91 Å². The number of furan rings is 1. The summed E-state index contributed by atoms with van der Waals surface area (Å²) in [7, 11) is -3.57. The monoisotopic (exact) mass is 426 g/mol. The maximum Gasteiger partial charge on any atom is 0.287 e. The standard InChI is InChI=1S/C23H26N2O4S/c1-16-7-6-12-25(15-16)30(27,28)19-10-11-21-20(13-19)17(2)22(29-21)23(26)24-14-18-8-4-3-5-9-18/h3-5,8-11,13,16H,6-7,12,14-15H2,1-2H3,(H,24,26)/t16-/m0/s1. The molecule has 1 aromatic heterocycles. The molecule has 1 saturated heterocycles. The zero-order valence-electron chi connectivity index (χ0n) is 17.2. The summed E-state index contributed by atoms with van der Waals surface area (Å²) in [6, 6.07) is 14.4. The van der Waals surface area contributed by atoms with Crippen molar-refractivity contribution in [1.29, 1.82) is 0 Å². The van der Waals surface area contributed by atoms with Gasteiger partial charge in [0, 0.05) is 30.6 Å². The third kappa shape index (κ3) is 4.00. The Morgan fingerprint density at radius 1 is 1.20 bits per heavy atom. The van der Waals surface area contributed by atoms with Crippen LogP contribution in [0.15, 0.2) is 57.8 Å². The van der Waals surface area contributed by atoms with Crippen molar-refractivity contribution >= 4 is 26.9 Å². The molecule has 7 heteroatoms. The first-order chi connectivity index (χ1) is 14.4. The predicted molar refractivity (Wildman–Crippen MR) is 116 cm³/mol. The second kappa shape index (κ2) is 8.24. The third-order valence-electron chi connectivity index (χ3n) is 5.67. The second-order valence-electron chi connectivity index (χ2n) is 7.99. The van der Waals surface area contributed by atoms with Gasteiger partial charge in [-0.05, 0) is 49.4 Å². The summed E-state index contributed by atoms with van der Waals surface area (Å²) >= 11 is 0. The van der Waals surface area contributed by atoms with E-state index in [4.69, 9.17) is 4.42 Å². The number of amides is 1. The summed E-state index contributed by atoms with van der Waals surface area (Å²) in [5, 5.41) is 3.50. The molecule has 0 spiro atoms. The number of piperidine rings is 1. The summed E-state index contributed by atoms with van der Waals surface area (Å²) in [4.78, 5) is 12.9. The lowest BCUT2D eigenvalue weighted by molar-refractivity contribution is 0.0924. The fraction of sp³-hybridized carbons (Fsp3) is 0.348. The molecule has 1 aliphatic heterocycles. The molecule has 1 amide bonds. The van der Waals surface area contributed by atoms with Gasteiger partial charge in [0.15, 0.2) is 5.76 Å². The van der Waals surface area contributed by atoms with Crippen LogP contribution in [-0.2, 0) is 16.6 Å². The molecule has 0 saturated carbocycles. The first-order valence-electron chi connectivity index (χ1n) is 10.2. The zero-order chi connectivity index (χ0) is 21.3. The SMILES string of the molecule is Cc1c(C(=O)NCc2ccccc2)oc2ccc(S(=O)(=O)N3CCC[C@H](C)C3)cc12. The van der Waals surface area contributed by atoms with E-state index in [1.54, 1.807) is 29.4 Å². The van der Waals surface area contributed by atoms with Crippen molar-refractivity contribution < 1.29 is 17.6 Å². The smallest absolute Gasteiger partial charge is 0.287 e. The highest BCUT2D eigenvalue weighted by molar-refractivity contribution is 7.89. The molecule has 1 N–H and O–H groups in total. The molecule has 158 valence electrons. The number of hydrogen-bond donors (Lipinski definition) is 1. The number of nitrogens with zero attached hydrogens (tertiary/aromatic N) is 1. The van der Waals surface area contributed by atoms with Crippen molar-refractivity contribution in [3.8, 4) is 0 Å². The lowest BCUT2D eigenvalue weighted by Crippen LogP contribution is -2.39. The summed E-state index contributed by atoms with van der Waals surface area (Å²) < 4.78 is 33.5. The van der Waals surface area contributed by atoms with Gasteiger partial charge in [0.05, 0.1) is 4.90 Å². The molecular formula is C23H26N2O4S. The lowest BCUT2D eigenvalue weighted by Gasteiger charge is -2.30. The molecule has 0 aliphatic carbocycles. The Bertz CT molecular complexity index is 1170. The molecule has 1 aliphatic rings. The summed E-state index contributed by atoms with van der Waals surface area (Å²) in [5.41, 5.74) is 2.13. The molecule has 1 atom stereocenters. The minimum Gasteiger partial charge on any atom is -0.451 e. The largest absolute Gasteiger partial charge is 0.451 e. The number of carbonyl (C=O) groups is 1. The average Bonchev–Trinajstić information content (AvgIpc) is 3.09. The van der Waals surface area contributed by atoms with Crippen molar-refractivity contribution in [2.24, 2.45) is 5.92 Å². The Balaban J connectivity index is 1.59.